The van der Waals surface area contributed by atoms with Gasteiger partial charge in [0.2, 0.25) is 5.91 Å². The first kappa shape index (κ1) is 75.4. The van der Waals surface area contributed by atoms with Crippen molar-refractivity contribution in [3.63, 3.8) is 0 Å². The molecule has 0 radical (unpaired) electrons. The highest BCUT2D eigenvalue weighted by Crippen LogP contribution is 2.24. The minimum Gasteiger partial charge on any atom is -0.394 e. The number of rotatable bonds is 61. The number of aliphatic hydroxyl groups is 5. The molecule has 7 atom stereocenters. The molecular weight excluding hydrogens is 983 g/mol. The van der Waals surface area contributed by atoms with Crippen molar-refractivity contribution in [1.82, 2.24) is 5.32 Å². The first-order valence-electron chi connectivity index (χ1n) is 34.7. The maximum absolute atomic E-state index is 13.1. The summed E-state index contributed by atoms with van der Waals surface area (Å²) in [4.78, 5) is 13.1. The van der Waals surface area contributed by atoms with Crippen LogP contribution in [0, 0.1) is 0 Å². The predicted molar refractivity (Wildman–Crippen MR) is 337 cm³/mol. The summed E-state index contributed by atoms with van der Waals surface area (Å²) < 4.78 is 11.4. The normalized spacial score (nSPS) is 18.7. The summed E-state index contributed by atoms with van der Waals surface area (Å²) in [6, 6.07) is -0.723. The van der Waals surface area contributed by atoms with E-state index >= 15 is 0 Å². The van der Waals surface area contributed by atoms with E-state index in [2.05, 4.69) is 55.6 Å². The van der Waals surface area contributed by atoms with Crippen LogP contribution in [0.25, 0.3) is 0 Å². The lowest BCUT2D eigenvalue weighted by Crippen LogP contribution is -2.60. The van der Waals surface area contributed by atoms with Crippen LogP contribution in [-0.2, 0) is 14.3 Å². The van der Waals surface area contributed by atoms with Gasteiger partial charge in [-0.2, -0.15) is 0 Å². The van der Waals surface area contributed by atoms with Gasteiger partial charge in [-0.3, -0.25) is 4.79 Å². The van der Waals surface area contributed by atoms with Gasteiger partial charge in [-0.1, -0.05) is 326 Å². The number of unbranched alkanes of at least 4 members (excludes halogenated alkanes) is 45. The first-order valence-corrected chi connectivity index (χ1v) is 34.7. The molecule has 1 rings (SSSR count). The van der Waals surface area contributed by atoms with Crippen molar-refractivity contribution in [2.45, 2.75) is 391 Å². The zero-order valence-corrected chi connectivity index (χ0v) is 52.2. The molecule has 7 unspecified atom stereocenters. The standard InChI is InChI=1S/C70H133NO8/c1-3-5-7-9-11-13-15-17-19-21-23-25-27-29-30-31-32-33-34-36-37-39-41-43-45-47-49-51-53-55-57-59-64(73)63(62-78-70-69(77)68(76)67(75)65(61-72)79-70)71-66(74)60-58-56-54-52-50-48-46-44-42-40-38-35-28-26-24-22-20-18-16-14-12-10-8-6-4-2/h16,18,22,24,28,35,63-65,67-70,72-73,75-77H,3-15,17,19-21,23,25-27,29-34,36-62H2,1-2H3,(H,71,74)/b18-16-,24-22-,35-28-. The van der Waals surface area contributed by atoms with Crippen molar-refractivity contribution in [2.24, 2.45) is 0 Å². The topological polar surface area (TPSA) is 149 Å². The van der Waals surface area contributed by atoms with E-state index in [9.17, 15) is 30.3 Å². The van der Waals surface area contributed by atoms with E-state index in [1.165, 1.54) is 270 Å². The van der Waals surface area contributed by atoms with E-state index in [-0.39, 0.29) is 12.5 Å². The molecule has 0 spiro atoms. The Morgan fingerprint density at radius 1 is 0.430 bits per heavy atom. The van der Waals surface area contributed by atoms with E-state index in [1.807, 2.05) is 0 Å². The summed E-state index contributed by atoms with van der Waals surface area (Å²) >= 11 is 0. The Morgan fingerprint density at radius 2 is 0.747 bits per heavy atom. The lowest BCUT2D eigenvalue weighted by atomic mass is 9.99. The van der Waals surface area contributed by atoms with Crippen molar-refractivity contribution in [1.29, 1.82) is 0 Å². The van der Waals surface area contributed by atoms with Crippen LogP contribution in [-0.4, -0.2) is 87.5 Å². The van der Waals surface area contributed by atoms with Gasteiger partial charge < -0.3 is 40.3 Å². The van der Waals surface area contributed by atoms with Crippen molar-refractivity contribution in [3.05, 3.63) is 36.5 Å². The summed E-state index contributed by atoms with van der Waals surface area (Å²) in [6.07, 6.45) is 72.1. The van der Waals surface area contributed by atoms with Gasteiger partial charge in [0, 0.05) is 6.42 Å². The van der Waals surface area contributed by atoms with Crippen molar-refractivity contribution < 1.29 is 39.8 Å². The number of aliphatic hydroxyl groups excluding tert-OH is 5. The molecular formula is C70H133NO8. The summed E-state index contributed by atoms with van der Waals surface area (Å²) in [7, 11) is 0. The van der Waals surface area contributed by atoms with Crippen LogP contribution in [0.4, 0.5) is 0 Å². The van der Waals surface area contributed by atoms with Crippen LogP contribution in [0.5, 0.6) is 0 Å². The minimum absolute atomic E-state index is 0.138. The Kier molecular flexibility index (Phi) is 56.9. The summed E-state index contributed by atoms with van der Waals surface area (Å²) in [5.74, 6) is -0.143. The monoisotopic (exact) mass is 1120 g/mol. The Morgan fingerprint density at radius 3 is 1.10 bits per heavy atom. The van der Waals surface area contributed by atoms with Gasteiger partial charge in [0.25, 0.3) is 0 Å². The molecule has 0 aliphatic carbocycles. The molecule has 1 heterocycles. The SMILES string of the molecule is CCCCCCC/C=C\C/C=C\C/C=C\CCCCCCCCCCCCC(=O)NC(COC1OC(CO)C(O)C(O)C1O)C(O)CCCCCCCCCCCCCCCCCCCCCCCCCCCCCCCCC. The fraction of sp³-hybridized carbons (Fsp3) is 0.900. The summed E-state index contributed by atoms with van der Waals surface area (Å²) in [6.45, 7) is 3.87. The average molecular weight is 1120 g/mol. The van der Waals surface area contributed by atoms with Gasteiger partial charge in [-0.25, -0.2) is 0 Å². The number of allylic oxidation sites excluding steroid dienone is 6. The second-order valence-electron chi connectivity index (χ2n) is 24.3. The van der Waals surface area contributed by atoms with E-state index in [0.717, 1.165) is 51.4 Å². The molecule has 1 aliphatic rings. The molecule has 79 heavy (non-hydrogen) atoms. The fourth-order valence-electron chi connectivity index (χ4n) is 11.3. The van der Waals surface area contributed by atoms with E-state index < -0.39 is 49.5 Å². The Bertz CT molecular complexity index is 1340. The fourth-order valence-corrected chi connectivity index (χ4v) is 11.3. The first-order chi connectivity index (χ1) is 38.8. The Hall–Kier alpha value is -1.59. The number of hydrogen-bond acceptors (Lipinski definition) is 8. The molecule has 1 amide bonds. The summed E-state index contributed by atoms with van der Waals surface area (Å²) in [5, 5.41) is 54.9. The third-order valence-electron chi connectivity index (χ3n) is 16.7. The molecule has 0 aromatic rings. The van der Waals surface area contributed by atoms with Crippen molar-refractivity contribution in [2.75, 3.05) is 13.2 Å². The zero-order valence-electron chi connectivity index (χ0n) is 52.2. The number of ether oxygens (including phenoxy) is 2. The molecule has 0 saturated carbocycles. The maximum Gasteiger partial charge on any atom is 0.220 e. The van der Waals surface area contributed by atoms with Crippen molar-refractivity contribution in [3.8, 4) is 0 Å². The number of carbonyl (C=O) groups excluding carboxylic acids is 1. The highest BCUT2D eigenvalue weighted by atomic mass is 16.7. The van der Waals surface area contributed by atoms with Gasteiger partial charge in [0.05, 0.1) is 25.4 Å². The van der Waals surface area contributed by atoms with Gasteiger partial charge in [-0.15, -0.1) is 0 Å². The molecule has 6 N–H and O–H groups in total. The molecule has 9 heteroatoms. The van der Waals surface area contributed by atoms with Gasteiger partial charge in [0.15, 0.2) is 6.29 Å². The smallest absolute Gasteiger partial charge is 0.220 e. The highest BCUT2D eigenvalue weighted by Gasteiger charge is 2.44. The molecule has 1 aliphatic heterocycles. The second kappa shape index (κ2) is 59.6. The van der Waals surface area contributed by atoms with Crippen LogP contribution in [0.3, 0.4) is 0 Å². The largest absolute Gasteiger partial charge is 0.394 e. The van der Waals surface area contributed by atoms with Gasteiger partial charge in [0.1, 0.15) is 24.4 Å². The van der Waals surface area contributed by atoms with Gasteiger partial charge >= 0.3 is 0 Å². The van der Waals surface area contributed by atoms with Crippen LogP contribution >= 0.6 is 0 Å². The Balaban J connectivity index is 2.12. The van der Waals surface area contributed by atoms with E-state index in [0.29, 0.717) is 12.8 Å². The van der Waals surface area contributed by atoms with E-state index in [1.54, 1.807) is 0 Å². The number of nitrogens with one attached hydrogen (secondary N) is 1. The minimum atomic E-state index is -1.56. The van der Waals surface area contributed by atoms with Crippen LogP contribution in [0.15, 0.2) is 36.5 Å². The van der Waals surface area contributed by atoms with E-state index in [4.69, 9.17) is 9.47 Å². The second-order valence-corrected chi connectivity index (χ2v) is 24.3. The highest BCUT2D eigenvalue weighted by molar-refractivity contribution is 5.76. The number of hydrogen-bond donors (Lipinski definition) is 6. The zero-order chi connectivity index (χ0) is 57.2. The molecule has 0 aromatic carbocycles. The third-order valence-corrected chi connectivity index (χ3v) is 16.7. The molecule has 1 fully saturated rings. The van der Waals surface area contributed by atoms with Crippen LogP contribution in [0.1, 0.15) is 348 Å². The number of carbonyl (C=O) groups is 1. The molecule has 0 bridgehead atoms. The summed E-state index contributed by atoms with van der Waals surface area (Å²) in [5.41, 5.74) is 0. The quantitative estimate of drug-likeness (QED) is 0.0261. The molecule has 0 aromatic heterocycles. The lowest BCUT2D eigenvalue weighted by molar-refractivity contribution is -0.302. The van der Waals surface area contributed by atoms with Crippen LogP contribution in [0.2, 0.25) is 0 Å². The predicted octanol–water partition coefficient (Wildman–Crippen LogP) is 18.6. The average Bonchev–Trinajstić information content (AvgIpc) is 3.47. The van der Waals surface area contributed by atoms with Crippen molar-refractivity contribution >= 4 is 5.91 Å². The molecule has 466 valence electrons. The molecule has 1 saturated heterocycles. The van der Waals surface area contributed by atoms with Gasteiger partial charge in [-0.05, 0) is 51.4 Å². The molecule has 9 nitrogen and oxygen atoms in total. The van der Waals surface area contributed by atoms with Crippen LogP contribution < -0.4 is 5.32 Å². The number of amides is 1. The lowest BCUT2D eigenvalue weighted by Gasteiger charge is -2.40. The third kappa shape index (κ3) is 48.5. The maximum atomic E-state index is 13.1. The Labute approximate surface area is 489 Å².